The van der Waals surface area contributed by atoms with E-state index in [0.717, 1.165) is 16.3 Å². The van der Waals surface area contributed by atoms with Gasteiger partial charge in [0.05, 0.1) is 24.1 Å². The lowest BCUT2D eigenvalue weighted by Crippen LogP contribution is -2.08. The Kier molecular flexibility index (Phi) is 4.17. The molecule has 2 rings (SSSR count). The van der Waals surface area contributed by atoms with Crippen LogP contribution in [0.25, 0.3) is 0 Å². The van der Waals surface area contributed by atoms with E-state index in [4.69, 9.17) is 11.6 Å². The average molecular weight is 282 g/mol. The molecule has 0 unspecified atom stereocenters. The third-order valence-electron chi connectivity index (χ3n) is 2.24. The standard InChI is InChI=1S/C12H12ClN3OS/c1-8(17)16-10-4-5-18-11(10)7-14-9-2-3-12(13)15-6-9/h2-6,14H,7H2,1H3,(H,16,17). The van der Waals surface area contributed by atoms with Crippen LogP contribution in [-0.4, -0.2) is 10.9 Å². The molecule has 0 radical (unpaired) electrons. The van der Waals surface area contributed by atoms with E-state index in [2.05, 4.69) is 15.6 Å². The second-order valence-corrected chi connectivity index (χ2v) is 5.05. The van der Waals surface area contributed by atoms with Crippen molar-refractivity contribution in [2.75, 3.05) is 10.6 Å². The summed E-state index contributed by atoms with van der Waals surface area (Å²) in [7, 11) is 0. The molecule has 4 nitrogen and oxygen atoms in total. The Bertz CT molecular complexity index is 539. The van der Waals surface area contributed by atoms with Crippen molar-refractivity contribution in [3.8, 4) is 0 Å². The number of thiophene rings is 1. The van der Waals surface area contributed by atoms with E-state index in [1.165, 1.54) is 6.92 Å². The summed E-state index contributed by atoms with van der Waals surface area (Å²) in [6.07, 6.45) is 1.67. The Morgan fingerprint density at radius 1 is 1.44 bits per heavy atom. The highest BCUT2D eigenvalue weighted by Crippen LogP contribution is 2.23. The fourth-order valence-corrected chi connectivity index (χ4v) is 2.32. The molecule has 6 heteroatoms. The summed E-state index contributed by atoms with van der Waals surface area (Å²) >= 11 is 7.30. The first-order chi connectivity index (χ1) is 8.65. The topological polar surface area (TPSA) is 54.0 Å². The van der Waals surface area contributed by atoms with Crippen LogP contribution in [0.15, 0.2) is 29.8 Å². The Balaban J connectivity index is 1.99. The SMILES string of the molecule is CC(=O)Nc1ccsc1CNc1ccc(Cl)nc1. The lowest BCUT2D eigenvalue weighted by atomic mass is 10.3. The van der Waals surface area contributed by atoms with Crippen molar-refractivity contribution < 1.29 is 4.79 Å². The van der Waals surface area contributed by atoms with Crippen molar-refractivity contribution in [2.45, 2.75) is 13.5 Å². The highest BCUT2D eigenvalue weighted by atomic mass is 35.5. The van der Waals surface area contributed by atoms with Crippen molar-refractivity contribution in [3.63, 3.8) is 0 Å². The van der Waals surface area contributed by atoms with Gasteiger partial charge >= 0.3 is 0 Å². The fraction of sp³-hybridized carbons (Fsp3) is 0.167. The number of amides is 1. The number of nitrogens with zero attached hydrogens (tertiary/aromatic N) is 1. The zero-order valence-electron chi connectivity index (χ0n) is 9.74. The minimum Gasteiger partial charge on any atom is -0.379 e. The van der Waals surface area contributed by atoms with Crippen LogP contribution in [0, 0.1) is 0 Å². The number of hydrogen-bond donors (Lipinski definition) is 2. The van der Waals surface area contributed by atoms with E-state index in [9.17, 15) is 4.79 Å². The molecule has 0 saturated carbocycles. The lowest BCUT2D eigenvalue weighted by molar-refractivity contribution is -0.114. The predicted molar refractivity (Wildman–Crippen MR) is 75.2 cm³/mol. The van der Waals surface area contributed by atoms with Crippen molar-refractivity contribution in [1.82, 2.24) is 4.98 Å². The zero-order chi connectivity index (χ0) is 13.0. The number of nitrogens with one attached hydrogen (secondary N) is 2. The Morgan fingerprint density at radius 3 is 2.94 bits per heavy atom. The van der Waals surface area contributed by atoms with Crippen LogP contribution in [0.4, 0.5) is 11.4 Å². The van der Waals surface area contributed by atoms with Crippen LogP contribution in [0.2, 0.25) is 5.15 Å². The van der Waals surface area contributed by atoms with Gasteiger partial charge in [-0.2, -0.15) is 0 Å². The predicted octanol–water partition coefficient (Wildman–Crippen LogP) is 3.37. The van der Waals surface area contributed by atoms with E-state index < -0.39 is 0 Å². The normalized spacial score (nSPS) is 10.1. The van der Waals surface area contributed by atoms with Gasteiger partial charge in [0, 0.05) is 11.8 Å². The Hall–Kier alpha value is -1.59. The Labute approximate surface area is 114 Å². The number of anilines is 2. The number of halogens is 1. The van der Waals surface area contributed by atoms with Gasteiger partial charge in [-0.1, -0.05) is 11.6 Å². The minimum atomic E-state index is -0.0668. The first-order valence-corrected chi connectivity index (χ1v) is 6.60. The molecule has 0 fully saturated rings. The van der Waals surface area contributed by atoms with Gasteiger partial charge in [-0.15, -0.1) is 11.3 Å². The number of carbonyl (C=O) groups excluding carboxylic acids is 1. The molecule has 18 heavy (non-hydrogen) atoms. The first kappa shape index (κ1) is 12.9. The molecule has 0 aliphatic carbocycles. The van der Waals surface area contributed by atoms with Crippen molar-refractivity contribution in [1.29, 1.82) is 0 Å². The minimum absolute atomic E-state index is 0.0668. The third-order valence-corrected chi connectivity index (χ3v) is 3.38. The van der Waals surface area contributed by atoms with E-state index in [1.807, 2.05) is 17.5 Å². The molecule has 2 aromatic rings. The highest BCUT2D eigenvalue weighted by molar-refractivity contribution is 7.10. The van der Waals surface area contributed by atoms with E-state index in [-0.39, 0.29) is 5.91 Å². The van der Waals surface area contributed by atoms with Gasteiger partial charge < -0.3 is 10.6 Å². The molecule has 0 aliphatic heterocycles. The quantitative estimate of drug-likeness (QED) is 0.845. The average Bonchev–Trinajstić information content (AvgIpc) is 2.75. The number of carbonyl (C=O) groups is 1. The molecule has 94 valence electrons. The smallest absolute Gasteiger partial charge is 0.221 e. The molecule has 0 aromatic carbocycles. The van der Waals surface area contributed by atoms with Gasteiger partial charge in [0.1, 0.15) is 5.15 Å². The van der Waals surface area contributed by atoms with Gasteiger partial charge in [0.15, 0.2) is 0 Å². The monoisotopic (exact) mass is 281 g/mol. The van der Waals surface area contributed by atoms with Gasteiger partial charge in [0.25, 0.3) is 0 Å². The number of hydrogen-bond acceptors (Lipinski definition) is 4. The molecule has 0 atom stereocenters. The summed E-state index contributed by atoms with van der Waals surface area (Å²) in [4.78, 5) is 16.1. The molecule has 2 aromatic heterocycles. The van der Waals surface area contributed by atoms with Crippen LogP contribution in [0.1, 0.15) is 11.8 Å². The summed E-state index contributed by atoms with van der Waals surface area (Å²) in [5, 5.41) is 8.43. The second kappa shape index (κ2) is 5.84. The van der Waals surface area contributed by atoms with Crippen molar-refractivity contribution in [3.05, 3.63) is 39.8 Å². The summed E-state index contributed by atoms with van der Waals surface area (Å²) in [5.41, 5.74) is 1.74. The summed E-state index contributed by atoms with van der Waals surface area (Å²) in [5.74, 6) is -0.0668. The van der Waals surface area contributed by atoms with Crippen LogP contribution in [0.5, 0.6) is 0 Å². The number of aromatic nitrogens is 1. The third kappa shape index (κ3) is 3.45. The highest BCUT2D eigenvalue weighted by Gasteiger charge is 2.05. The summed E-state index contributed by atoms with van der Waals surface area (Å²) in [6, 6.07) is 5.48. The largest absolute Gasteiger partial charge is 0.379 e. The van der Waals surface area contributed by atoms with Crippen LogP contribution < -0.4 is 10.6 Å². The molecule has 2 N–H and O–H groups in total. The molecule has 0 saturated heterocycles. The Morgan fingerprint density at radius 2 is 2.28 bits per heavy atom. The molecule has 1 amide bonds. The molecule has 2 heterocycles. The van der Waals surface area contributed by atoms with E-state index >= 15 is 0 Å². The van der Waals surface area contributed by atoms with Gasteiger partial charge in [-0.25, -0.2) is 4.98 Å². The van der Waals surface area contributed by atoms with E-state index in [1.54, 1.807) is 23.6 Å². The number of pyridine rings is 1. The van der Waals surface area contributed by atoms with Gasteiger partial charge in [-0.05, 0) is 23.6 Å². The molecule has 0 spiro atoms. The molecule has 0 aliphatic rings. The summed E-state index contributed by atoms with van der Waals surface area (Å²) in [6.45, 7) is 2.13. The lowest BCUT2D eigenvalue weighted by Gasteiger charge is -2.07. The summed E-state index contributed by atoms with van der Waals surface area (Å²) < 4.78 is 0. The molecular weight excluding hydrogens is 270 g/mol. The van der Waals surface area contributed by atoms with E-state index in [0.29, 0.717) is 11.7 Å². The zero-order valence-corrected chi connectivity index (χ0v) is 11.3. The van der Waals surface area contributed by atoms with Crippen LogP contribution in [-0.2, 0) is 11.3 Å². The maximum Gasteiger partial charge on any atom is 0.221 e. The van der Waals surface area contributed by atoms with Crippen molar-refractivity contribution >= 4 is 40.2 Å². The maximum atomic E-state index is 11.0. The van der Waals surface area contributed by atoms with Gasteiger partial charge in [0.2, 0.25) is 5.91 Å². The van der Waals surface area contributed by atoms with Crippen LogP contribution in [0.3, 0.4) is 0 Å². The van der Waals surface area contributed by atoms with Crippen molar-refractivity contribution in [2.24, 2.45) is 0 Å². The van der Waals surface area contributed by atoms with Crippen LogP contribution >= 0.6 is 22.9 Å². The molecular formula is C12H12ClN3OS. The maximum absolute atomic E-state index is 11.0. The van der Waals surface area contributed by atoms with Gasteiger partial charge in [-0.3, -0.25) is 4.79 Å². The molecule has 0 bridgehead atoms. The first-order valence-electron chi connectivity index (χ1n) is 5.34. The fourth-order valence-electron chi connectivity index (χ4n) is 1.44. The number of rotatable bonds is 4. The second-order valence-electron chi connectivity index (χ2n) is 3.66.